The molecule has 0 spiro atoms. The van der Waals surface area contributed by atoms with Crippen molar-refractivity contribution in [2.45, 2.75) is 19.4 Å². The fourth-order valence-corrected chi connectivity index (χ4v) is 2.60. The van der Waals surface area contributed by atoms with Gasteiger partial charge in [-0.1, -0.05) is 12.1 Å². The minimum Gasteiger partial charge on any atom is -0.386 e. The SMILES string of the molecule is Cc1cc(C(O)Cc2nc3ccccc3n2C)n(C)n1. The van der Waals surface area contributed by atoms with Crippen LogP contribution >= 0.6 is 0 Å². The lowest BCUT2D eigenvalue weighted by Gasteiger charge is -2.10. The fourth-order valence-electron chi connectivity index (χ4n) is 2.60. The highest BCUT2D eigenvalue weighted by molar-refractivity contribution is 5.75. The zero-order valence-electron chi connectivity index (χ0n) is 11.9. The van der Waals surface area contributed by atoms with Gasteiger partial charge in [-0.05, 0) is 25.1 Å². The number of imidazole rings is 1. The summed E-state index contributed by atoms with van der Waals surface area (Å²) in [5, 5.41) is 14.7. The van der Waals surface area contributed by atoms with Gasteiger partial charge in [-0.25, -0.2) is 4.98 Å². The molecule has 1 aromatic carbocycles. The van der Waals surface area contributed by atoms with Gasteiger partial charge < -0.3 is 9.67 Å². The Morgan fingerprint density at radius 1 is 1.25 bits per heavy atom. The molecule has 0 aliphatic heterocycles. The quantitative estimate of drug-likeness (QED) is 0.790. The standard InChI is InChI=1S/C15H18N4O/c1-10-8-13(19(3)17-10)14(20)9-15-16-11-6-4-5-7-12(11)18(15)2/h4-8,14,20H,9H2,1-3H3. The van der Waals surface area contributed by atoms with Gasteiger partial charge in [0.1, 0.15) is 11.9 Å². The van der Waals surface area contributed by atoms with Crippen molar-refractivity contribution in [1.29, 1.82) is 0 Å². The van der Waals surface area contributed by atoms with Crippen LogP contribution in [-0.2, 0) is 20.5 Å². The summed E-state index contributed by atoms with van der Waals surface area (Å²) in [6.07, 6.45) is -0.124. The van der Waals surface area contributed by atoms with Crippen LogP contribution in [0, 0.1) is 6.92 Å². The fraction of sp³-hybridized carbons (Fsp3) is 0.333. The van der Waals surface area contributed by atoms with E-state index < -0.39 is 6.10 Å². The zero-order chi connectivity index (χ0) is 14.3. The first kappa shape index (κ1) is 12.9. The number of hydrogen-bond donors (Lipinski definition) is 1. The normalized spacial score (nSPS) is 13.0. The molecule has 0 bridgehead atoms. The number of aromatic nitrogens is 4. The first-order valence-electron chi connectivity index (χ1n) is 6.65. The van der Waals surface area contributed by atoms with Crippen molar-refractivity contribution in [3.63, 3.8) is 0 Å². The molecule has 104 valence electrons. The number of rotatable bonds is 3. The molecular weight excluding hydrogens is 252 g/mol. The second kappa shape index (κ2) is 4.76. The number of nitrogens with zero attached hydrogens (tertiary/aromatic N) is 4. The van der Waals surface area contributed by atoms with Gasteiger partial charge in [0.25, 0.3) is 0 Å². The largest absolute Gasteiger partial charge is 0.386 e. The molecule has 0 aliphatic carbocycles. The number of para-hydroxylation sites is 2. The number of hydrogen-bond acceptors (Lipinski definition) is 3. The van der Waals surface area contributed by atoms with Gasteiger partial charge in [0, 0.05) is 20.5 Å². The van der Waals surface area contributed by atoms with E-state index in [0.29, 0.717) is 6.42 Å². The van der Waals surface area contributed by atoms with Crippen LogP contribution in [0.3, 0.4) is 0 Å². The van der Waals surface area contributed by atoms with Crippen LogP contribution in [0.1, 0.15) is 23.3 Å². The second-order valence-electron chi connectivity index (χ2n) is 5.13. The molecule has 5 nitrogen and oxygen atoms in total. The van der Waals surface area contributed by atoms with Crippen molar-refractivity contribution in [3.05, 3.63) is 47.5 Å². The molecule has 0 radical (unpaired) electrons. The summed E-state index contributed by atoms with van der Waals surface area (Å²) >= 11 is 0. The molecule has 1 unspecified atom stereocenters. The molecule has 0 fully saturated rings. The highest BCUT2D eigenvalue weighted by Crippen LogP contribution is 2.21. The summed E-state index contributed by atoms with van der Waals surface area (Å²) in [6, 6.07) is 9.90. The van der Waals surface area contributed by atoms with E-state index in [9.17, 15) is 5.11 Å². The van der Waals surface area contributed by atoms with E-state index in [2.05, 4.69) is 10.1 Å². The molecular formula is C15H18N4O. The van der Waals surface area contributed by atoms with Gasteiger partial charge in [0.15, 0.2) is 0 Å². The van der Waals surface area contributed by atoms with Gasteiger partial charge in [-0.15, -0.1) is 0 Å². The van der Waals surface area contributed by atoms with Crippen LogP contribution in [-0.4, -0.2) is 24.4 Å². The Kier molecular flexibility index (Phi) is 3.06. The molecule has 3 rings (SSSR count). The van der Waals surface area contributed by atoms with Crippen molar-refractivity contribution in [2.24, 2.45) is 14.1 Å². The lowest BCUT2D eigenvalue weighted by molar-refractivity contribution is 0.165. The Morgan fingerprint density at radius 2 is 2.00 bits per heavy atom. The third-order valence-electron chi connectivity index (χ3n) is 3.64. The van der Waals surface area contributed by atoms with Crippen molar-refractivity contribution < 1.29 is 5.11 Å². The Balaban J connectivity index is 1.93. The van der Waals surface area contributed by atoms with Gasteiger partial charge in [0.05, 0.1) is 22.4 Å². The number of aliphatic hydroxyl groups is 1. The maximum atomic E-state index is 10.4. The molecule has 0 aliphatic rings. The van der Waals surface area contributed by atoms with Crippen molar-refractivity contribution in [2.75, 3.05) is 0 Å². The van der Waals surface area contributed by atoms with Crippen molar-refractivity contribution in [1.82, 2.24) is 19.3 Å². The number of aliphatic hydroxyl groups excluding tert-OH is 1. The average molecular weight is 270 g/mol. The Bertz CT molecular complexity index is 756. The van der Waals surface area contributed by atoms with E-state index in [4.69, 9.17) is 0 Å². The molecule has 0 amide bonds. The zero-order valence-corrected chi connectivity index (χ0v) is 11.9. The summed E-state index contributed by atoms with van der Waals surface area (Å²) in [5.41, 5.74) is 3.76. The summed E-state index contributed by atoms with van der Waals surface area (Å²) in [7, 11) is 3.83. The van der Waals surface area contributed by atoms with E-state index in [1.807, 2.05) is 55.9 Å². The molecule has 0 saturated heterocycles. The Hall–Kier alpha value is -2.14. The number of benzene rings is 1. The van der Waals surface area contributed by atoms with Gasteiger partial charge in [-0.2, -0.15) is 5.10 Å². The molecule has 0 saturated carbocycles. The van der Waals surface area contributed by atoms with Gasteiger partial charge in [-0.3, -0.25) is 4.68 Å². The van der Waals surface area contributed by atoms with Crippen LogP contribution in [0.4, 0.5) is 0 Å². The van der Waals surface area contributed by atoms with E-state index in [1.54, 1.807) is 4.68 Å². The lowest BCUT2D eigenvalue weighted by Crippen LogP contribution is -2.10. The van der Waals surface area contributed by atoms with Crippen LogP contribution in [0.5, 0.6) is 0 Å². The highest BCUT2D eigenvalue weighted by atomic mass is 16.3. The predicted octanol–water partition coefficient (Wildman–Crippen LogP) is 1.89. The average Bonchev–Trinajstić information content (AvgIpc) is 2.91. The van der Waals surface area contributed by atoms with Crippen molar-refractivity contribution in [3.8, 4) is 0 Å². The van der Waals surface area contributed by atoms with Gasteiger partial charge in [0.2, 0.25) is 0 Å². The lowest BCUT2D eigenvalue weighted by atomic mass is 10.1. The smallest absolute Gasteiger partial charge is 0.112 e. The predicted molar refractivity (Wildman–Crippen MR) is 77.3 cm³/mol. The second-order valence-corrected chi connectivity index (χ2v) is 5.13. The maximum absolute atomic E-state index is 10.4. The van der Waals surface area contributed by atoms with E-state index >= 15 is 0 Å². The first-order chi connectivity index (χ1) is 9.56. The number of aryl methyl sites for hydroxylation is 3. The molecule has 20 heavy (non-hydrogen) atoms. The van der Waals surface area contributed by atoms with E-state index in [0.717, 1.165) is 28.2 Å². The minimum atomic E-state index is -0.600. The topological polar surface area (TPSA) is 55.9 Å². The van der Waals surface area contributed by atoms with Crippen LogP contribution in [0.25, 0.3) is 11.0 Å². The van der Waals surface area contributed by atoms with Crippen molar-refractivity contribution >= 4 is 11.0 Å². The summed E-state index contributed by atoms with van der Waals surface area (Å²) in [5.74, 6) is 0.873. The molecule has 2 heterocycles. The van der Waals surface area contributed by atoms with Crippen LogP contribution in [0.2, 0.25) is 0 Å². The third kappa shape index (κ3) is 2.10. The Labute approximate surface area is 117 Å². The highest BCUT2D eigenvalue weighted by Gasteiger charge is 2.17. The van der Waals surface area contributed by atoms with E-state index in [-0.39, 0.29) is 0 Å². The maximum Gasteiger partial charge on any atom is 0.112 e. The molecule has 1 N–H and O–H groups in total. The van der Waals surface area contributed by atoms with Crippen LogP contribution in [0.15, 0.2) is 30.3 Å². The third-order valence-corrected chi connectivity index (χ3v) is 3.64. The molecule has 5 heteroatoms. The first-order valence-corrected chi connectivity index (χ1v) is 6.65. The molecule has 3 aromatic rings. The number of fused-ring (bicyclic) bond motifs is 1. The van der Waals surface area contributed by atoms with Crippen LogP contribution < -0.4 is 0 Å². The minimum absolute atomic E-state index is 0.476. The Morgan fingerprint density at radius 3 is 2.65 bits per heavy atom. The molecule has 2 aromatic heterocycles. The summed E-state index contributed by atoms with van der Waals surface area (Å²) in [4.78, 5) is 4.59. The summed E-state index contributed by atoms with van der Waals surface area (Å²) in [6.45, 7) is 1.92. The molecule has 1 atom stereocenters. The van der Waals surface area contributed by atoms with E-state index in [1.165, 1.54) is 0 Å². The van der Waals surface area contributed by atoms with Gasteiger partial charge >= 0.3 is 0 Å². The summed E-state index contributed by atoms with van der Waals surface area (Å²) < 4.78 is 3.75. The monoisotopic (exact) mass is 270 g/mol.